The van der Waals surface area contributed by atoms with Crippen LogP contribution >= 0.6 is 0 Å². The van der Waals surface area contributed by atoms with Crippen LogP contribution in [0, 0.1) is 6.92 Å². The highest BCUT2D eigenvalue weighted by Gasteiger charge is 2.10. The number of hydrogen-bond acceptors (Lipinski definition) is 3. The standard InChI is InChI=1S/C18H21N3O2/c1-13-3-6-15(7-4-13)21-18(19)20-12-14-5-8-16-17(11-14)23-10-2-9-22-16/h3-8,11H,2,9-10,12H2,1H3,(H3,19,20,21). The summed E-state index contributed by atoms with van der Waals surface area (Å²) < 4.78 is 11.3. The van der Waals surface area contributed by atoms with Gasteiger partial charge in [-0.15, -0.1) is 0 Å². The Morgan fingerprint density at radius 3 is 2.61 bits per heavy atom. The summed E-state index contributed by atoms with van der Waals surface area (Å²) in [5, 5.41) is 3.08. The van der Waals surface area contributed by atoms with Crippen LogP contribution in [-0.2, 0) is 6.54 Å². The van der Waals surface area contributed by atoms with Crippen LogP contribution in [0.4, 0.5) is 5.69 Å². The van der Waals surface area contributed by atoms with Crippen LogP contribution in [0.25, 0.3) is 0 Å². The van der Waals surface area contributed by atoms with Crippen molar-refractivity contribution in [3.05, 3.63) is 53.6 Å². The molecule has 0 aromatic heterocycles. The van der Waals surface area contributed by atoms with E-state index in [1.807, 2.05) is 49.4 Å². The first-order valence-electron chi connectivity index (χ1n) is 7.73. The summed E-state index contributed by atoms with van der Waals surface area (Å²) in [6, 6.07) is 13.9. The molecule has 0 aliphatic carbocycles. The van der Waals surface area contributed by atoms with Gasteiger partial charge in [0.1, 0.15) is 0 Å². The molecule has 2 aromatic rings. The molecule has 5 heteroatoms. The van der Waals surface area contributed by atoms with E-state index in [1.165, 1.54) is 5.56 Å². The molecule has 1 aliphatic rings. The number of nitrogens with one attached hydrogen (secondary N) is 1. The van der Waals surface area contributed by atoms with Gasteiger partial charge in [-0.3, -0.25) is 0 Å². The lowest BCUT2D eigenvalue weighted by Crippen LogP contribution is -2.22. The van der Waals surface area contributed by atoms with E-state index in [1.54, 1.807) is 0 Å². The minimum atomic E-state index is 0.390. The van der Waals surface area contributed by atoms with Crippen molar-refractivity contribution in [2.45, 2.75) is 19.9 Å². The topological polar surface area (TPSA) is 68.9 Å². The molecular formula is C18H21N3O2. The molecule has 23 heavy (non-hydrogen) atoms. The highest BCUT2D eigenvalue weighted by Crippen LogP contribution is 2.30. The third-order valence-corrected chi connectivity index (χ3v) is 3.57. The zero-order valence-electron chi connectivity index (χ0n) is 13.2. The van der Waals surface area contributed by atoms with Gasteiger partial charge in [0.2, 0.25) is 0 Å². The Hall–Kier alpha value is -2.69. The maximum atomic E-state index is 5.94. The number of nitrogens with zero attached hydrogens (tertiary/aromatic N) is 1. The molecule has 2 aromatic carbocycles. The Morgan fingerprint density at radius 1 is 1.09 bits per heavy atom. The average Bonchev–Trinajstić information content (AvgIpc) is 2.80. The van der Waals surface area contributed by atoms with Crippen molar-refractivity contribution in [2.75, 3.05) is 18.5 Å². The molecule has 0 bridgehead atoms. The molecule has 3 rings (SSSR count). The lowest BCUT2D eigenvalue weighted by molar-refractivity contribution is 0.297. The predicted octanol–water partition coefficient (Wildman–Crippen LogP) is 3.08. The summed E-state index contributed by atoms with van der Waals surface area (Å²) >= 11 is 0. The molecule has 0 radical (unpaired) electrons. The van der Waals surface area contributed by atoms with Crippen molar-refractivity contribution in [1.82, 2.24) is 0 Å². The number of nitrogens with two attached hydrogens (primary N) is 1. The van der Waals surface area contributed by atoms with Gasteiger partial charge in [0.15, 0.2) is 17.5 Å². The van der Waals surface area contributed by atoms with Gasteiger partial charge in [-0.25, -0.2) is 4.99 Å². The number of ether oxygens (including phenoxy) is 2. The van der Waals surface area contributed by atoms with Gasteiger partial charge in [0, 0.05) is 12.1 Å². The Balaban J connectivity index is 1.64. The summed E-state index contributed by atoms with van der Waals surface area (Å²) in [5.74, 6) is 1.96. The molecular weight excluding hydrogens is 290 g/mol. The van der Waals surface area contributed by atoms with E-state index in [4.69, 9.17) is 15.2 Å². The Kier molecular flexibility index (Phi) is 4.66. The molecule has 5 nitrogen and oxygen atoms in total. The largest absolute Gasteiger partial charge is 0.490 e. The number of guanidine groups is 1. The number of aliphatic imine (C=N–C) groups is 1. The maximum absolute atomic E-state index is 5.94. The molecule has 1 aliphatic heterocycles. The number of rotatable bonds is 3. The van der Waals surface area contributed by atoms with Crippen LogP contribution in [0.3, 0.4) is 0 Å². The van der Waals surface area contributed by atoms with Gasteiger partial charge in [0.25, 0.3) is 0 Å². The number of anilines is 1. The average molecular weight is 311 g/mol. The van der Waals surface area contributed by atoms with Gasteiger partial charge in [-0.2, -0.15) is 0 Å². The number of benzene rings is 2. The van der Waals surface area contributed by atoms with Crippen molar-refractivity contribution in [1.29, 1.82) is 0 Å². The molecule has 0 fully saturated rings. The maximum Gasteiger partial charge on any atom is 0.193 e. The first-order chi connectivity index (χ1) is 11.2. The van der Waals surface area contributed by atoms with Crippen LogP contribution in [0.1, 0.15) is 17.5 Å². The second-order valence-corrected chi connectivity index (χ2v) is 5.52. The second-order valence-electron chi connectivity index (χ2n) is 5.52. The molecule has 0 saturated carbocycles. The van der Waals surface area contributed by atoms with E-state index >= 15 is 0 Å². The van der Waals surface area contributed by atoms with Crippen molar-refractivity contribution < 1.29 is 9.47 Å². The molecule has 0 spiro atoms. The van der Waals surface area contributed by atoms with E-state index in [9.17, 15) is 0 Å². The fourth-order valence-corrected chi connectivity index (χ4v) is 2.31. The van der Waals surface area contributed by atoms with Crippen LogP contribution in [0.15, 0.2) is 47.5 Å². The van der Waals surface area contributed by atoms with Crippen LogP contribution in [0.2, 0.25) is 0 Å². The van der Waals surface area contributed by atoms with E-state index < -0.39 is 0 Å². The number of fused-ring (bicyclic) bond motifs is 1. The molecule has 0 amide bonds. The number of aryl methyl sites for hydroxylation is 1. The monoisotopic (exact) mass is 311 g/mol. The predicted molar refractivity (Wildman–Crippen MR) is 92.2 cm³/mol. The van der Waals surface area contributed by atoms with Gasteiger partial charge >= 0.3 is 0 Å². The van der Waals surface area contributed by atoms with E-state index in [-0.39, 0.29) is 0 Å². The molecule has 3 N–H and O–H groups in total. The Bertz CT molecular complexity index is 696. The summed E-state index contributed by atoms with van der Waals surface area (Å²) in [6.07, 6.45) is 0.898. The van der Waals surface area contributed by atoms with Gasteiger partial charge in [-0.1, -0.05) is 23.8 Å². The van der Waals surface area contributed by atoms with Crippen LogP contribution in [-0.4, -0.2) is 19.2 Å². The van der Waals surface area contributed by atoms with E-state index in [0.717, 1.165) is 29.2 Å². The molecule has 0 unspecified atom stereocenters. The fraction of sp³-hybridized carbons (Fsp3) is 0.278. The van der Waals surface area contributed by atoms with Crippen LogP contribution in [0.5, 0.6) is 11.5 Å². The van der Waals surface area contributed by atoms with Crippen molar-refractivity contribution in [3.63, 3.8) is 0 Å². The summed E-state index contributed by atoms with van der Waals surface area (Å²) in [4.78, 5) is 4.37. The van der Waals surface area contributed by atoms with Gasteiger partial charge in [0.05, 0.1) is 19.8 Å². The molecule has 120 valence electrons. The minimum Gasteiger partial charge on any atom is -0.490 e. The second kappa shape index (κ2) is 7.05. The third kappa shape index (κ3) is 4.16. The first kappa shape index (κ1) is 15.2. The normalized spacial score (nSPS) is 14.2. The SMILES string of the molecule is Cc1ccc(NC(N)=NCc2ccc3c(c2)OCCCO3)cc1. The third-order valence-electron chi connectivity index (χ3n) is 3.57. The quantitative estimate of drug-likeness (QED) is 0.675. The van der Waals surface area contributed by atoms with E-state index in [2.05, 4.69) is 10.3 Å². The molecule has 0 atom stereocenters. The zero-order chi connectivity index (χ0) is 16.1. The highest BCUT2D eigenvalue weighted by molar-refractivity contribution is 5.92. The molecule has 0 saturated heterocycles. The van der Waals surface area contributed by atoms with Gasteiger partial charge in [-0.05, 0) is 36.8 Å². The summed E-state index contributed by atoms with van der Waals surface area (Å²) in [5.41, 5.74) is 9.10. The Morgan fingerprint density at radius 2 is 1.83 bits per heavy atom. The Labute approximate surface area is 136 Å². The first-order valence-corrected chi connectivity index (χ1v) is 7.73. The minimum absolute atomic E-state index is 0.390. The lowest BCUT2D eigenvalue weighted by Gasteiger charge is -2.09. The smallest absolute Gasteiger partial charge is 0.193 e. The molecule has 1 heterocycles. The van der Waals surface area contributed by atoms with Gasteiger partial charge < -0.3 is 20.5 Å². The number of hydrogen-bond donors (Lipinski definition) is 2. The summed E-state index contributed by atoms with van der Waals surface area (Å²) in [6.45, 7) is 3.90. The van der Waals surface area contributed by atoms with Crippen molar-refractivity contribution >= 4 is 11.6 Å². The van der Waals surface area contributed by atoms with Crippen molar-refractivity contribution in [2.24, 2.45) is 10.7 Å². The van der Waals surface area contributed by atoms with Crippen LogP contribution < -0.4 is 20.5 Å². The fourth-order valence-electron chi connectivity index (χ4n) is 2.31. The summed E-state index contributed by atoms with van der Waals surface area (Å²) in [7, 11) is 0. The van der Waals surface area contributed by atoms with E-state index in [0.29, 0.717) is 25.7 Å². The van der Waals surface area contributed by atoms with Crippen molar-refractivity contribution in [3.8, 4) is 11.5 Å². The highest BCUT2D eigenvalue weighted by atomic mass is 16.5. The lowest BCUT2D eigenvalue weighted by atomic mass is 10.2. The zero-order valence-corrected chi connectivity index (χ0v) is 13.2.